The molecule has 200 valence electrons. The fraction of sp³-hybridized carbons (Fsp3) is 0.483. The van der Waals surface area contributed by atoms with Gasteiger partial charge in [0.2, 0.25) is 11.8 Å². The smallest absolute Gasteiger partial charge is 0.326 e. The van der Waals surface area contributed by atoms with Gasteiger partial charge in [-0.15, -0.1) is 0 Å². The summed E-state index contributed by atoms with van der Waals surface area (Å²) < 4.78 is 6.10. The maximum Gasteiger partial charge on any atom is 0.326 e. The number of aryl methyl sites for hydroxylation is 1. The fourth-order valence-electron chi connectivity index (χ4n) is 4.32. The van der Waals surface area contributed by atoms with Gasteiger partial charge in [0, 0.05) is 37.5 Å². The molecule has 3 rings (SSSR count). The van der Waals surface area contributed by atoms with Crippen molar-refractivity contribution in [3.8, 4) is 5.75 Å². The highest BCUT2D eigenvalue weighted by Gasteiger charge is 2.21. The summed E-state index contributed by atoms with van der Waals surface area (Å²) in [6.07, 6.45) is 3.71. The molecule has 0 fully saturated rings. The van der Waals surface area contributed by atoms with E-state index in [1.54, 1.807) is 0 Å². The topological polar surface area (TPSA) is 108 Å². The van der Waals surface area contributed by atoms with Crippen LogP contribution in [-0.2, 0) is 33.8 Å². The first-order chi connectivity index (χ1) is 17.8. The lowest BCUT2D eigenvalue weighted by Crippen LogP contribution is -2.42. The van der Waals surface area contributed by atoms with Crippen LogP contribution in [0.4, 0.5) is 0 Å². The Bertz CT molecular complexity index is 1040. The number of ether oxygens (including phenoxy) is 1. The minimum absolute atomic E-state index is 0.0201. The molecule has 3 N–H and O–H groups in total. The van der Waals surface area contributed by atoms with Crippen molar-refractivity contribution in [2.24, 2.45) is 0 Å². The van der Waals surface area contributed by atoms with Gasteiger partial charge in [0.15, 0.2) is 0 Å². The highest BCUT2D eigenvalue weighted by Crippen LogP contribution is 2.24. The minimum atomic E-state index is -1.05. The van der Waals surface area contributed by atoms with Crippen molar-refractivity contribution >= 4 is 17.8 Å². The standard InChI is InChI=1S/C29H39N3O5/c1-21(2)32-19-24-17-23(11-13-26(24)37-16-8-4-7-15-30-28(34)20-32)12-14-27(33)31-25(29(35)36)18-22-9-5-3-6-10-22/h3,5-6,9-11,13,17,21,25H,4,7-8,12,14-16,18-20H2,1-2H3,(H,30,34)(H,31,33)(H,35,36)/t25-/m0/s1. The van der Waals surface area contributed by atoms with Gasteiger partial charge < -0.3 is 20.5 Å². The van der Waals surface area contributed by atoms with Crippen molar-refractivity contribution in [1.29, 1.82) is 0 Å². The Morgan fingerprint density at radius 3 is 2.57 bits per heavy atom. The Hall–Kier alpha value is -3.39. The lowest BCUT2D eigenvalue weighted by molar-refractivity contribution is -0.141. The predicted octanol–water partition coefficient (Wildman–Crippen LogP) is 3.32. The average molecular weight is 510 g/mol. The lowest BCUT2D eigenvalue weighted by Gasteiger charge is -2.27. The van der Waals surface area contributed by atoms with Crippen LogP contribution in [-0.4, -0.2) is 59.6 Å². The van der Waals surface area contributed by atoms with E-state index >= 15 is 0 Å². The third-order valence-electron chi connectivity index (χ3n) is 6.53. The van der Waals surface area contributed by atoms with Crippen LogP contribution < -0.4 is 15.4 Å². The Labute approximate surface area is 219 Å². The van der Waals surface area contributed by atoms with Crippen LogP contribution in [0.2, 0.25) is 0 Å². The van der Waals surface area contributed by atoms with Crippen molar-refractivity contribution in [3.05, 3.63) is 65.2 Å². The number of fused-ring (bicyclic) bond motifs is 1. The number of hydrogen-bond acceptors (Lipinski definition) is 5. The molecule has 1 heterocycles. The molecule has 0 radical (unpaired) electrons. The number of amides is 2. The summed E-state index contributed by atoms with van der Waals surface area (Å²) in [6.45, 7) is 6.28. The maximum atomic E-state index is 12.6. The molecule has 0 aromatic heterocycles. The van der Waals surface area contributed by atoms with Gasteiger partial charge in [-0.1, -0.05) is 42.5 Å². The summed E-state index contributed by atoms with van der Waals surface area (Å²) in [5.74, 6) is -0.536. The van der Waals surface area contributed by atoms with Gasteiger partial charge in [0.05, 0.1) is 13.2 Å². The predicted molar refractivity (Wildman–Crippen MR) is 142 cm³/mol. The number of benzene rings is 2. The molecular weight excluding hydrogens is 470 g/mol. The third-order valence-corrected chi connectivity index (χ3v) is 6.53. The van der Waals surface area contributed by atoms with Crippen molar-refractivity contribution in [3.63, 3.8) is 0 Å². The van der Waals surface area contributed by atoms with Crippen molar-refractivity contribution < 1.29 is 24.2 Å². The first kappa shape index (κ1) is 28.2. The van der Waals surface area contributed by atoms with Crippen molar-refractivity contribution in [2.45, 2.75) is 71.0 Å². The summed E-state index contributed by atoms with van der Waals surface area (Å²) >= 11 is 0. The largest absolute Gasteiger partial charge is 0.493 e. The molecule has 1 aliphatic heterocycles. The van der Waals surface area contributed by atoms with Gasteiger partial charge in [-0.2, -0.15) is 0 Å². The van der Waals surface area contributed by atoms with E-state index in [0.717, 1.165) is 41.7 Å². The second-order valence-electron chi connectivity index (χ2n) is 9.85. The zero-order chi connectivity index (χ0) is 26.6. The van der Waals surface area contributed by atoms with Crippen LogP contribution in [0.5, 0.6) is 5.75 Å². The summed E-state index contributed by atoms with van der Waals surface area (Å²) in [5, 5.41) is 15.2. The third kappa shape index (κ3) is 9.53. The fourth-order valence-corrected chi connectivity index (χ4v) is 4.32. The maximum absolute atomic E-state index is 12.6. The van der Waals surface area contributed by atoms with E-state index in [0.29, 0.717) is 32.7 Å². The Balaban J connectivity index is 1.67. The van der Waals surface area contributed by atoms with Gasteiger partial charge in [-0.25, -0.2) is 4.79 Å². The highest BCUT2D eigenvalue weighted by molar-refractivity contribution is 5.83. The van der Waals surface area contributed by atoms with Crippen LogP contribution in [0.3, 0.4) is 0 Å². The molecule has 1 aliphatic rings. The SMILES string of the molecule is CC(C)N1CC(=O)NCCCCCOc2ccc(CCC(=O)N[C@@H](Cc3ccccc3)C(=O)O)cc2C1. The molecule has 0 saturated carbocycles. The number of carbonyl (C=O) groups is 3. The molecule has 0 unspecified atom stereocenters. The molecule has 0 bridgehead atoms. The number of nitrogens with one attached hydrogen (secondary N) is 2. The summed E-state index contributed by atoms with van der Waals surface area (Å²) in [4.78, 5) is 38.9. The molecule has 2 aromatic carbocycles. The number of nitrogens with zero attached hydrogens (tertiary/aromatic N) is 1. The van der Waals surface area contributed by atoms with E-state index in [2.05, 4.69) is 29.4 Å². The van der Waals surface area contributed by atoms with Crippen molar-refractivity contribution in [1.82, 2.24) is 15.5 Å². The number of hydrogen-bond donors (Lipinski definition) is 3. The van der Waals surface area contributed by atoms with Gasteiger partial charge in [0.25, 0.3) is 0 Å². The highest BCUT2D eigenvalue weighted by atomic mass is 16.5. The molecule has 1 atom stereocenters. The molecule has 0 aliphatic carbocycles. The van der Waals surface area contributed by atoms with Crippen molar-refractivity contribution in [2.75, 3.05) is 19.7 Å². The summed E-state index contributed by atoms with van der Waals surface area (Å²) in [5.41, 5.74) is 2.80. The molecule has 2 amide bonds. The van der Waals surface area contributed by atoms with E-state index in [1.165, 1.54) is 0 Å². The van der Waals surface area contributed by atoms with Gasteiger partial charge in [-0.3, -0.25) is 14.5 Å². The normalized spacial score (nSPS) is 16.2. The number of carboxylic acid groups (broad SMARTS) is 1. The number of carbonyl (C=O) groups excluding carboxylic acids is 2. The van der Waals surface area contributed by atoms with Gasteiger partial charge in [-0.05, 0) is 56.7 Å². The minimum Gasteiger partial charge on any atom is -0.493 e. The molecule has 0 saturated heterocycles. The monoisotopic (exact) mass is 509 g/mol. The van der Waals surface area contributed by atoms with Crippen LogP contribution in [0, 0.1) is 0 Å². The zero-order valence-corrected chi connectivity index (χ0v) is 21.9. The molecule has 8 heteroatoms. The molecule has 0 spiro atoms. The van der Waals surface area contributed by atoms with E-state index in [1.807, 2.05) is 48.5 Å². The number of carboxylic acids is 1. The van der Waals surface area contributed by atoms with Crippen LogP contribution in [0.15, 0.2) is 48.5 Å². The zero-order valence-electron chi connectivity index (χ0n) is 21.9. The Morgan fingerprint density at radius 1 is 1.05 bits per heavy atom. The summed E-state index contributed by atoms with van der Waals surface area (Å²) in [7, 11) is 0. The molecule has 37 heavy (non-hydrogen) atoms. The van der Waals surface area contributed by atoms with Crippen LogP contribution in [0.1, 0.15) is 56.2 Å². The van der Waals surface area contributed by atoms with Gasteiger partial charge in [0.1, 0.15) is 11.8 Å². The molecule has 2 aromatic rings. The van der Waals surface area contributed by atoms with Gasteiger partial charge >= 0.3 is 5.97 Å². The van der Waals surface area contributed by atoms with E-state index in [9.17, 15) is 19.5 Å². The first-order valence-electron chi connectivity index (χ1n) is 13.1. The summed E-state index contributed by atoms with van der Waals surface area (Å²) in [6, 6.07) is 14.4. The van der Waals surface area contributed by atoms with E-state index in [4.69, 9.17) is 4.74 Å². The molecular formula is C29H39N3O5. The first-order valence-corrected chi connectivity index (χ1v) is 13.1. The second kappa shape index (κ2) is 14.4. The van der Waals surface area contributed by atoms with Crippen LogP contribution >= 0.6 is 0 Å². The Morgan fingerprint density at radius 2 is 1.84 bits per heavy atom. The van der Waals surface area contributed by atoms with E-state index < -0.39 is 12.0 Å². The second-order valence-corrected chi connectivity index (χ2v) is 9.85. The van der Waals surface area contributed by atoms with Crippen LogP contribution in [0.25, 0.3) is 0 Å². The average Bonchev–Trinajstić information content (AvgIpc) is 2.88. The van der Waals surface area contributed by atoms with E-state index in [-0.39, 0.29) is 30.7 Å². The Kier molecular flexibility index (Phi) is 11.0. The molecule has 8 nitrogen and oxygen atoms in total. The number of aliphatic carboxylic acids is 1. The quantitative estimate of drug-likeness (QED) is 0.504. The number of rotatable bonds is 8. The lowest BCUT2D eigenvalue weighted by atomic mass is 10.0.